The topological polar surface area (TPSA) is 59.4 Å². The second-order valence-corrected chi connectivity index (χ2v) is 8.09. The first kappa shape index (κ1) is 17.5. The van der Waals surface area contributed by atoms with Crippen LogP contribution in [0.3, 0.4) is 0 Å². The lowest BCUT2D eigenvalue weighted by atomic mass is 9.90. The predicted octanol–water partition coefficient (Wildman–Crippen LogP) is 2.28. The van der Waals surface area contributed by atoms with Gasteiger partial charge in [0.05, 0.1) is 18.7 Å². The minimum Gasteiger partial charge on any atom is -0.378 e. The number of hydrogen-bond donors (Lipinski definition) is 1. The Labute approximate surface area is 154 Å². The monoisotopic (exact) mass is 356 g/mol. The lowest BCUT2D eigenvalue weighted by Crippen LogP contribution is -2.59. The molecule has 3 heterocycles. The zero-order valence-electron chi connectivity index (χ0n) is 15.8. The Bertz CT molecular complexity index is 786. The summed E-state index contributed by atoms with van der Waals surface area (Å²) >= 11 is 0. The van der Waals surface area contributed by atoms with E-state index in [1.165, 1.54) is 0 Å². The molecule has 2 bridgehead atoms. The Morgan fingerprint density at radius 3 is 2.65 bits per heavy atom. The molecule has 26 heavy (non-hydrogen) atoms. The molecule has 2 aliphatic heterocycles. The van der Waals surface area contributed by atoms with Crippen LogP contribution < -0.4 is 5.32 Å². The highest BCUT2D eigenvalue weighted by Gasteiger charge is 2.37. The third kappa shape index (κ3) is 3.23. The quantitative estimate of drug-likeness (QED) is 0.913. The highest BCUT2D eigenvalue weighted by molar-refractivity contribution is 6.05. The first-order valence-corrected chi connectivity index (χ1v) is 9.59. The molecule has 2 unspecified atom stereocenters. The first-order chi connectivity index (χ1) is 12.5. The number of morpholine rings is 1. The molecule has 0 radical (unpaired) electrons. The van der Waals surface area contributed by atoms with E-state index in [1.807, 2.05) is 28.9 Å². The number of aromatic nitrogens is 2. The molecule has 6 nitrogen and oxygen atoms in total. The van der Waals surface area contributed by atoms with Gasteiger partial charge in [0.25, 0.3) is 5.91 Å². The van der Waals surface area contributed by atoms with E-state index >= 15 is 0 Å². The summed E-state index contributed by atoms with van der Waals surface area (Å²) in [7, 11) is 2.16. The number of hydrogen-bond acceptors (Lipinski definition) is 4. The van der Waals surface area contributed by atoms with E-state index in [9.17, 15) is 4.79 Å². The highest BCUT2D eigenvalue weighted by Crippen LogP contribution is 2.27. The molecule has 140 valence electrons. The molecule has 4 rings (SSSR count). The number of amides is 1. The van der Waals surface area contributed by atoms with Crippen LogP contribution >= 0.6 is 0 Å². The van der Waals surface area contributed by atoms with Gasteiger partial charge < -0.3 is 10.1 Å². The van der Waals surface area contributed by atoms with Gasteiger partial charge in [0.15, 0.2) is 5.69 Å². The Morgan fingerprint density at radius 2 is 1.96 bits per heavy atom. The van der Waals surface area contributed by atoms with E-state index in [4.69, 9.17) is 4.74 Å². The number of carbonyl (C=O) groups is 1. The van der Waals surface area contributed by atoms with Crippen molar-refractivity contribution in [3.05, 3.63) is 30.0 Å². The lowest BCUT2D eigenvalue weighted by Gasteiger charge is -2.46. The summed E-state index contributed by atoms with van der Waals surface area (Å²) in [4.78, 5) is 15.4. The van der Waals surface area contributed by atoms with Crippen LogP contribution in [0.25, 0.3) is 10.9 Å². The molecular weight excluding hydrogens is 328 g/mol. The zero-order chi connectivity index (χ0) is 18.3. The summed E-state index contributed by atoms with van der Waals surface area (Å²) in [6.07, 6.45) is 1.87. The van der Waals surface area contributed by atoms with Crippen molar-refractivity contribution in [3.8, 4) is 0 Å². The van der Waals surface area contributed by atoms with Crippen LogP contribution in [0.5, 0.6) is 0 Å². The van der Waals surface area contributed by atoms with E-state index in [2.05, 4.69) is 36.2 Å². The number of fused-ring (bicyclic) bond motifs is 3. The standard InChI is InChI=1S/C20H28N4O2/c1-13(2)10-24-18-7-5-4-6-17(18)19(22-24)20(25)21-14-8-15-11-26-12-16(9-14)23(15)3/h4-7,13-16H,8-12H2,1-3H3,(H,21,25). The molecule has 2 saturated heterocycles. The fourth-order valence-electron chi connectivity index (χ4n) is 4.25. The number of para-hydroxylation sites is 1. The van der Waals surface area contributed by atoms with E-state index in [0.29, 0.717) is 23.7 Å². The molecule has 0 saturated carbocycles. The van der Waals surface area contributed by atoms with E-state index < -0.39 is 0 Å². The van der Waals surface area contributed by atoms with E-state index in [-0.39, 0.29) is 11.9 Å². The molecule has 1 amide bonds. The first-order valence-electron chi connectivity index (χ1n) is 9.59. The van der Waals surface area contributed by atoms with Crippen molar-refractivity contribution in [1.29, 1.82) is 0 Å². The minimum absolute atomic E-state index is 0.0581. The molecule has 0 aliphatic carbocycles. The lowest BCUT2D eigenvalue weighted by molar-refractivity contribution is -0.0670. The fraction of sp³-hybridized carbons (Fsp3) is 0.600. The third-order valence-electron chi connectivity index (χ3n) is 5.63. The Balaban J connectivity index is 1.55. The molecule has 2 fully saturated rings. The summed E-state index contributed by atoms with van der Waals surface area (Å²) in [6, 6.07) is 8.97. The van der Waals surface area contributed by atoms with Gasteiger partial charge >= 0.3 is 0 Å². The predicted molar refractivity (Wildman–Crippen MR) is 101 cm³/mol. The van der Waals surface area contributed by atoms with Crippen LogP contribution in [-0.4, -0.2) is 59.0 Å². The number of carbonyl (C=O) groups excluding carboxylic acids is 1. The maximum atomic E-state index is 13.0. The van der Waals surface area contributed by atoms with Crippen molar-refractivity contribution in [2.45, 2.75) is 51.4 Å². The minimum atomic E-state index is -0.0581. The van der Waals surface area contributed by atoms with Crippen LogP contribution in [0.15, 0.2) is 24.3 Å². The molecular formula is C20H28N4O2. The SMILES string of the molecule is CC(C)Cn1nc(C(=O)NC2CC3COCC(C2)N3C)c2ccccc21. The summed E-state index contributed by atoms with van der Waals surface area (Å²) in [5, 5.41) is 8.83. The van der Waals surface area contributed by atoms with Gasteiger partial charge in [-0.05, 0) is 31.9 Å². The number of piperidine rings is 1. The smallest absolute Gasteiger partial charge is 0.272 e. The van der Waals surface area contributed by atoms with Crippen LogP contribution in [0.2, 0.25) is 0 Å². The van der Waals surface area contributed by atoms with Gasteiger partial charge in [-0.3, -0.25) is 14.4 Å². The van der Waals surface area contributed by atoms with Crippen molar-refractivity contribution in [3.63, 3.8) is 0 Å². The summed E-state index contributed by atoms with van der Waals surface area (Å²) < 4.78 is 7.64. The molecule has 2 aromatic rings. The largest absolute Gasteiger partial charge is 0.378 e. The number of nitrogens with zero attached hydrogens (tertiary/aromatic N) is 3. The van der Waals surface area contributed by atoms with Crippen LogP contribution in [0.4, 0.5) is 0 Å². The number of benzene rings is 1. The fourth-order valence-corrected chi connectivity index (χ4v) is 4.25. The van der Waals surface area contributed by atoms with Crippen LogP contribution in [-0.2, 0) is 11.3 Å². The third-order valence-corrected chi connectivity index (χ3v) is 5.63. The van der Waals surface area contributed by atoms with Crippen molar-refractivity contribution >= 4 is 16.8 Å². The maximum Gasteiger partial charge on any atom is 0.272 e. The Morgan fingerprint density at radius 1 is 1.27 bits per heavy atom. The van der Waals surface area contributed by atoms with Crippen molar-refractivity contribution in [2.75, 3.05) is 20.3 Å². The molecule has 1 aromatic heterocycles. The second-order valence-electron chi connectivity index (χ2n) is 8.09. The molecule has 1 N–H and O–H groups in total. The second kappa shape index (κ2) is 7.00. The van der Waals surface area contributed by atoms with Crippen molar-refractivity contribution in [1.82, 2.24) is 20.0 Å². The number of likely N-dealkylation sites (N-methyl/N-ethyl adjacent to an activating group) is 1. The Hall–Kier alpha value is -1.92. The van der Waals surface area contributed by atoms with Gasteiger partial charge in [0.2, 0.25) is 0 Å². The highest BCUT2D eigenvalue weighted by atomic mass is 16.5. The summed E-state index contributed by atoms with van der Waals surface area (Å²) in [5.41, 5.74) is 1.57. The summed E-state index contributed by atoms with van der Waals surface area (Å²) in [6.45, 7) is 6.64. The van der Waals surface area contributed by atoms with Gasteiger partial charge in [-0.2, -0.15) is 5.10 Å². The molecule has 1 aromatic carbocycles. The van der Waals surface area contributed by atoms with Crippen molar-refractivity contribution in [2.24, 2.45) is 5.92 Å². The number of ether oxygens (including phenoxy) is 1. The molecule has 0 spiro atoms. The van der Waals surface area contributed by atoms with Crippen molar-refractivity contribution < 1.29 is 9.53 Å². The van der Waals surface area contributed by atoms with Gasteiger partial charge in [-0.1, -0.05) is 32.0 Å². The number of rotatable bonds is 4. The maximum absolute atomic E-state index is 13.0. The zero-order valence-corrected chi connectivity index (χ0v) is 15.8. The van der Waals surface area contributed by atoms with E-state index in [0.717, 1.165) is 43.5 Å². The molecule has 6 heteroatoms. The van der Waals surface area contributed by atoms with Gasteiger partial charge in [0.1, 0.15) is 0 Å². The normalized spacial score (nSPS) is 26.4. The van der Waals surface area contributed by atoms with Gasteiger partial charge in [-0.25, -0.2) is 0 Å². The van der Waals surface area contributed by atoms with Gasteiger partial charge in [0, 0.05) is 30.1 Å². The Kier molecular flexibility index (Phi) is 4.71. The summed E-state index contributed by atoms with van der Waals surface area (Å²) in [5.74, 6) is 0.416. The van der Waals surface area contributed by atoms with Gasteiger partial charge in [-0.15, -0.1) is 0 Å². The molecule has 2 aliphatic rings. The van der Waals surface area contributed by atoms with Crippen LogP contribution in [0.1, 0.15) is 37.2 Å². The van der Waals surface area contributed by atoms with Crippen LogP contribution in [0, 0.1) is 5.92 Å². The average Bonchev–Trinajstić information content (AvgIpc) is 2.94. The molecule has 2 atom stereocenters. The average molecular weight is 356 g/mol. The number of nitrogens with one attached hydrogen (secondary N) is 1. The van der Waals surface area contributed by atoms with E-state index in [1.54, 1.807) is 0 Å².